The highest BCUT2D eigenvalue weighted by Crippen LogP contribution is 1.97. The van der Waals surface area contributed by atoms with Crippen LogP contribution < -0.4 is 0 Å². The molecule has 0 heterocycles. The highest BCUT2D eigenvalue weighted by Gasteiger charge is 1.87. The van der Waals surface area contributed by atoms with Gasteiger partial charge in [0.2, 0.25) is 0 Å². The molecule has 0 atom stereocenters. The van der Waals surface area contributed by atoms with Gasteiger partial charge in [0.05, 0.1) is 20.0 Å². The van der Waals surface area contributed by atoms with Crippen molar-refractivity contribution in [2.45, 2.75) is 47.5 Å². The molecule has 6 nitrogen and oxygen atoms in total. The van der Waals surface area contributed by atoms with E-state index in [9.17, 15) is 14.4 Å². The Morgan fingerprint density at radius 1 is 0.824 bits per heavy atom. The Kier molecular flexibility index (Phi) is 28.1. The Labute approximate surface area is 205 Å². The quantitative estimate of drug-likeness (QED) is 0.284. The topological polar surface area (TPSA) is 78.9 Å². The van der Waals surface area contributed by atoms with Crippen LogP contribution in [0.1, 0.15) is 52.2 Å². The molecule has 0 fully saturated rings. The normalized spacial score (nSPS) is 8.06. The van der Waals surface area contributed by atoms with Gasteiger partial charge in [0.15, 0.2) is 0 Å². The Balaban J connectivity index is -0.000000357. The minimum atomic E-state index is -0.329. The lowest BCUT2D eigenvalue weighted by molar-refractivity contribution is -0.141. The summed E-state index contributed by atoms with van der Waals surface area (Å²) >= 11 is 0. The molecule has 0 saturated carbocycles. The molecule has 34 heavy (non-hydrogen) atoms. The lowest BCUT2D eigenvalue weighted by atomic mass is 10.2. The van der Waals surface area contributed by atoms with Crippen molar-refractivity contribution in [2.24, 2.45) is 0 Å². The molecular formula is C28H40O6. The van der Waals surface area contributed by atoms with Crippen molar-refractivity contribution < 1.29 is 28.6 Å². The Morgan fingerprint density at radius 3 is 1.47 bits per heavy atom. The van der Waals surface area contributed by atoms with Crippen molar-refractivity contribution >= 4 is 24.0 Å². The number of carbonyl (C=O) groups is 3. The van der Waals surface area contributed by atoms with Crippen molar-refractivity contribution in [3.8, 4) is 0 Å². The van der Waals surface area contributed by atoms with Gasteiger partial charge in [-0.15, -0.1) is 0 Å². The lowest BCUT2D eigenvalue weighted by Gasteiger charge is -1.89. The second-order valence-corrected chi connectivity index (χ2v) is 6.08. The Hall–Kier alpha value is -3.67. The molecule has 0 saturated heterocycles. The molecule has 0 amide bonds. The van der Waals surface area contributed by atoms with Gasteiger partial charge >= 0.3 is 17.9 Å². The molecule has 0 N–H and O–H groups in total. The van der Waals surface area contributed by atoms with E-state index >= 15 is 0 Å². The van der Waals surface area contributed by atoms with E-state index in [4.69, 9.17) is 0 Å². The second-order valence-electron chi connectivity index (χ2n) is 6.08. The predicted molar refractivity (Wildman–Crippen MR) is 139 cm³/mol. The maximum atomic E-state index is 9.96. The fourth-order valence-electron chi connectivity index (χ4n) is 1.77. The van der Waals surface area contributed by atoms with Crippen LogP contribution in [-0.4, -0.2) is 31.6 Å². The van der Waals surface area contributed by atoms with Gasteiger partial charge in [-0.1, -0.05) is 93.7 Å². The number of rotatable bonds is 5. The molecule has 0 unspecified atom stereocenters. The van der Waals surface area contributed by atoms with Crippen molar-refractivity contribution in [3.05, 3.63) is 91.2 Å². The minimum Gasteiger partial charge on any atom is -0.469 e. The van der Waals surface area contributed by atoms with E-state index in [1.807, 2.05) is 42.5 Å². The third-order valence-electron chi connectivity index (χ3n) is 3.40. The molecule has 0 spiro atoms. The SMILES string of the molecule is C=COC(C)=O.C=Cc1ccccc1.CCC(=O)OC.CCOC(C)=O.CCc1ccccc1. The number of hydrogen-bond donors (Lipinski definition) is 0. The average Bonchev–Trinajstić information content (AvgIpc) is 2.86. The standard InChI is InChI=1S/C8H10.C8H8.2C4H8O2.C4H6O2/c2*1-2-8-6-4-3-5-7-8;1-3-4(5)6-2;2*1-3-6-4(2)5/h3-7H,2H2,1H3;2-7H,1H2;2*3H2,1-2H3;3H,1H2,2H3. The predicted octanol–water partition coefficient (Wildman–Crippen LogP) is 6.41. The van der Waals surface area contributed by atoms with E-state index in [0.29, 0.717) is 13.0 Å². The smallest absolute Gasteiger partial charge is 0.307 e. The summed E-state index contributed by atoms with van der Waals surface area (Å²) in [5.41, 5.74) is 2.58. The van der Waals surface area contributed by atoms with Crippen LogP contribution in [0.15, 0.2) is 80.1 Å². The van der Waals surface area contributed by atoms with E-state index in [0.717, 1.165) is 12.7 Å². The highest BCUT2D eigenvalue weighted by molar-refractivity contribution is 5.68. The molecule has 6 heteroatoms. The Bertz CT molecular complexity index is 764. The van der Waals surface area contributed by atoms with Crippen molar-refractivity contribution in [1.82, 2.24) is 0 Å². The number of hydrogen-bond acceptors (Lipinski definition) is 6. The molecule has 0 bridgehead atoms. The highest BCUT2D eigenvalue weighted by atomic mass is 16.5. The van der Waals surface area contributed by atoms with E-state index in [1.165, 1.54) is 32.1 Å². The fraction of sp³-hybridized carbons (Fsp3) is 0.321. The van der Waals surface area contributed by atoms with E-state index in [1.54, 1.807) is 13.8 Å². The summed E-state index contributed by atoms with van der Waals surface area (Å²) in [6.07, 6.45) is 4.54. The molecule has 0 aliphatic rings. The number of ether oxygens (including phenoxy) is 3. The van der Waals surface area contributed by atoms with Gasteiger partial charge in [-0.3, -0.25) is 14.4 Å². The fourth-order valence-corrected chi connectivity index (χ4v) is 1.77. The third-order valence-corrected chi connectivity index (χ3v) is 3.40. The number of benzene rings is 2. The zero-order chi connectivity index (χ0) is 26.6. The maximum absolute atomic E-state index is 9.96. The first-order valence-electron chi connectivity index (χ1n) is 10.9. The molecule has 2 rings (SSSR count). The van der Waals surface area contributed by atoms with Crippen molar-refractivity contribution in [2.75, 3.05) is 13.7 Å². The van der Waals surface area contributed by atoms with Crippen LogP contribution in [0.4, 0.5) is 0 Å². The van der Waals surface area contributed by atoms with Crippen LogP contribution in [0.25, 0.3) is 6.08 Å². The van der Waals surface area contributed by atoms with E-state index in [2.05, 4.69) is 58.6 Å². The average molecular weight is 473 g/mol. The monoisotopic (exact) mass is 472 g/mol. The molecule has 0 aromatic heterocycles. The van der Waals surface area contributed by atoms with Crippen LogP contribution in [0.5, 0.6) is 0 Å². The van der Waals surface area contributed by atoms with Gasteiger partial charge in [-0.25, -0.2) is 0 Å². The van der Waals surface area contributed by atoms with Crippen LogP contribution in [-0.2, 0) is 35.0 Å². The zero-order valence-corrected chi connectivity index (χ0v) is 21.4. The van der Waals surface area contributed by atoms with Crippen LogP contribution in [0.2, 0.25) is 0 Å². The third kappa shape index (κ3) is 30.5. The minimum absolute atomic E-state index is 0.157. The maximum Gasteiger partial charge on any atom is 0.307 e. The first-order chi connectivity index (χ1) is 16.2. The summed E-state index contributed by atoms with van der Waals surface area (Å²) in [4.78, 5) is 29.5. The van der Waals surface area contributed by atoms with Crippen LogP contribution in [0, 0.1) is 0 Å². The van der Waals surface area contributed by atoms with Gasteiger partial charge < -0.3 is 14.2 Å². The van der Waals surface area contributed by atoms with Gasteiger partial charge in [-0.05, 0) is 24.5 Å². The molecule has 2 aromatic rings. The first-order valence-corrected chi connectivity index (χ1v) is 10.9. The largest absolute Gasteiger partial charge is 0.469 e. The van der Waals surface area contributed by atoms with Crippen molar-refractivity contribution in [3.63, 3.8) is 0 Å². The number of methoxy groups -OCH3 is 1. The van der Waals surface area contributed by atoms with Gasteiger partial charge in [-0.2, -0.15) is 0 Å². The van der Waals surface area contributed by atoms with Crippen LogP contribution in [0.3, 0.4) is 0 Å². The zero-order valence-electron chi connectivity index (χ0n) is 21.4. The summed E-state index contributed by atoms with van der Waals surface area (Å²) in [7, 11) is 1.38. The molecule has 0 aliphatic heterocycles. The van der Waals surface area contributed by atoms with Gasteiger partial charge in [0, 0.05) is 20.3 Å². The van der Waals surface area contributed by atoms with E-state index < -0.39 is 0 Å². The molecular weight excluding hydrogens is 432 g/mol. The first kappa shape index (κ1) is 34.9. The Morgan fingerprint density at radius 2 is 1.32 bits per heavy atom. The molecule has 2 aromatic carbocycles. The number of esters is 3. The number of carbonyl (C=O) groups excluding carboxylic acids is 3. The van der Waals surface area contributed by atoms with E-state index in [-0.39, 0.29) is 17.9 Å². The summed E-state index contributed by atoms with van der Waals surface area (Å²) < 4.78 is 12.8. The van der Waals surface area contributed by atoms with Crippen molar-refractivity contribution in [1.29, 1.82) is 0 Å². The summed E-state index contributed by atoms with van der Waals surface area (Å²) in [6, 6.07) is 20.5. The van der Waals surface area contributed by atoms with Gasteiger partial charge in [0.25, 0.3) is 0 Å². The summed E-state index contributed by atoms with van der Waals surface area (Å²) in [6.45, 7) is 15.7. The second kappa shape index (κ2) is 27.4. The van der Waals surface area contributed by atoms with Gasteiger partial charge in [0.1, 0.15) is 0 Å². The molecule has 188 valence electrons. The molecule has 0 radical (unpaired) electrons. The summed E-state index contributed by atoms with van der Waals surface area (Å²) in [5.74, 6) is -0.697. The summed E-state index contributed by atoms with van der Waals surface area (Å²) in [5, 5.41) is 0. The lowest BCUT2D eigenvalue weighted by Crippen LogP contribution is -1.95. The van der Waals surface area contributed by atoms with Crippen LogP contribution >= 0.6 is 0 Å². The number of aryl methyl sites for hydroxylation is 1. The molecule has 0 aliphatic carbocycles.